The fourth-order valence-electron chi connectivity index (χ4n) is 2.36. The Morgan fingerprint density at radius 1 is 1.33 bits per heavy atom. The average molecular weight is 278 g/mol. The minimum Gasteiger partial charge on any atom is -0.481 e. The van der Waals surface area contributed by atoms with Gasteiger partial charge in [-0.1, -0.05) is 13.8 Å². The van der Waals surface area contributed by atoms with E-state index in [-0.39, 0.29) is 13.0 Å². The van der Waals surface area contributed by atoms with Crippen molar-refractivity contribution in [2.24, 2.45) is 11.8 Å². The minimum atomic E-state index is -3.52. The van der Waals surface area contributed by atoms with Crippen molar-refractivity contribution in [2.75, 3.05) is 26.7 Å². The van der Waals surface area contributed by atoms with Gasteiger partial charge in [0.2, 0.25) is 0 Å². The van der Waals surface area contributed by atoms with Gasteiger partial charge >= 0.3 is 5.97 Å². The molecule has 0 aromatic carbocycles. The van der Waals surface area contributed by atoms with Crippen molar-refractivity contribution < 1.29 is 18.3 Å². The molecule has 0 saturated carbocycles. The molecule has 0 amide bonds. The van der Waals surface area contributed by atoms with Crippen LogP contribution in [0.4, 0.5) is 0 Å². The lowest BCUT2D eigenvalue weighted by Crippen LogP contribution is -2.48. The highest BCUT2D eigenvalue weighted by molar-refractivity contribution is 7.86. The van der Waals surface area contributed by atoms with E-state index < -0.39 is 16.2 Å². The molecular formula is C11H22N2O4S. The van der Waals surface area contributed by atoms with Gasteiger partial charge in [0.05, 0.1) is 6.42 Å². The van der Waals surface area contributed by atoms with E-state index in [0.29, 0.717) is 24.9 Å². The van der Waals surface area contributed by atoms with Crippen molar-refractivity contribution in [3.63, 3.8) is 0 Å². The van der Waals surface area contributed by atoms with Crippen LogP contribution in [0.2, 0.25) is 0 Å². The lowest BCUT2D eigenvalue weighted by atomic mass is 9.94. The van der Waals surface area contributed by atoms with Crippen LogP contribution >= 0.6 is 0 Å². The van der Waals surface area contributed by atoms with Gasteiger partial charge in [0.15, 0.2) is 0 Å². The number of hydrogen-bond donors (Lipinski definition) is 1. The van der Waals surface area contributed by atoms with Gasteiger partial charge in [0, 0.05) is 26.7 Å². The van der Waals surface area contributed by atoms with Gasteiger partial charge in [-0.05, 0) is 18.3 Å². The van der Waals surface area contributed by atoms with Crippen LogP contribution in [-0.2, 0) is 15.0 Å². The maximum Gasteiger partial charge on any atom is 0.304 e. The lowest BCUT2D eigenvalue weighted by molar-refractivity contribution is -0.137. The van der Waals surface area contributed by atoms with Crippen LogP contribution in [0.1, 0.15) is 26.7 Å². The average Bonchev–Trinajstić information content (AvgIpc) is 2.24. The molecule has 18 heavy (non-hydrogen) atoms. The molecule has 1 fully saturated rings. The summed E-state index contributed by atoms with van der Waals surface area (Å²) in [5.41, 5.74) is 0. The summed E-state index contributed by atoms with van der Waals surface area (Å²) in [7, 11) is -2.09. The Hall–Kier alpha value is -0.660. The van der Waals surface area contributed by atoms with Crippen molar-refractivity contribution >= 4 is 16.2 Å². The predicted molar refractivity (Wildman–Crippen MR) is 68.3 cm³/mol. The summed E-state index contributed by atoms with van der Waals surface area (Å²) in [5, 5.41) is 8.59. The Morgan fingerprint density at radius 2 is 1.83 bits per heavy atom. The van der Waals surface area contributed by atoms with Gasteiger partial charge in [-0.3, -0.25) is 4.79 Å². The zero-order valence-electron chi connectivity index (χ0n) is 11.2. The van der Waals surface area contributed by atoms with Gasteiger partial charge in [-0.15, -0.1) is 0 Å². The Labute approximate surface area is 109 Å². The van der Waals surface area contributed by atoms with Crippen LogP contribution in [0, 0.1) is 11.8 Å². The second-order valence-electron chi connectivity index (χ2n) is 5.24. The molecule has 0 aromatic rings. The first-order valence-corrected chi connectivity index (χ1v) is 7.56. The molecule has 0 aliphatic carbocycles. The van der Waals surface area contributed by atoms with Crippen molar-refractivity contribution in [1.29, 1.82) is 0 Å². The third-order valence-electron chi connectivity index (χ3n) is 3.20. The van der Waals surface area contributed by atoms with E-state index in [4.69, 9.17) is 5.11 Å². The number of aliphatic carboxylic acids is 1. The number of carbonyl (C=O) groups is 1. The Kier molecular flexibility index (Phi) is 5.12. The zero-order valence-corrected chi connectivity index (χ0v) is 12.0. The Balaban J connectivity index is 2.69. The fraction of sp³-hybridized carbons (Fsp3) is 0.909. The molecule has 1 saturated heterocycles. The lowest BCUT2D eigenvalue weighted by Gasteiger charge is -2.36. The first kappa shape index (κ1) is 15.4. The Morgan fingerprint density at radius 3 is 2.28 bits per heavy atom. The number of nitrogens with zero attached hydrogens (tertiary/aromatic N) is 2. The quantitative estimate of drug-likeness (QED) is 0.799. The molecule has 1 aliphatic heterocycles. The van der Waals surface area contributed by atoms with Gasteiger partial charge in [0.1, 0.15) is 0 Å². The van der Waals surface area contributed by atoms with Crippen molar-refractivity contribution in [3.8, 4) is 0 Å². The van der Waals surface area contributed by atoms with E-state index in [1.54, 1.807) is 0 Å². The molecule has 0 aromatic heterocycles. The molecule has 1 N–H and O–H groups in total. The molecule has 0 radical (unpaired) electrons. The Bertz CT molecular complexity index is 386. The van der Waals surface area contributed by atoms with Crippen molar-refractivity contribution in [2.45, 2.75) is 26.7 Å². The number of hydrogen-bond acceptors (Lipinski definition) is 3. The van der Waals surface area contributed by atoms with Crippen LogP contribution in [0.25, 0.3) is 0 Å². The van der Waals surface area contributed by atoms with Crippen molar-refractivity contribution in [1.82, 2.24) is 8.61 Å². The normalized spacial score (nSPS) is 26.4. The van der Waals surface area contributed by atoms with E-state index in [1.165, 1.54) is 11.4 Å². The molecule has 7 heteroatoms. The molecule has 2 atom stereocenters. The van der Waals surface area contributed by atoms with Gasteiger partial charge in [0.25, 0.3) is 10.2 Å². The summed E-state index contributed by atoms with van der Waals surface area (Å²) >= 11 is 0. The molecule has 2 unspecified atom stereocenters. The molecule has 1 rings (SSSR count). The molecule has 106 valence electrons. The summed E-state index contributed by atoms with van der Waals surface area (Å²) in [4.78, 5) is 10.5. The molecule has 0 bridgehead atoms. The van der Waals surface area contributed by atoms with Gasteiger partial charge in [-0.2, -0.15) is 17.0 Å². The smallest absolute Gasteiger partial charge is 0.304 e. The summed E-state index contributed by atoms with van der Waals surface area (Å²) < 4.78 is 27.1. The second kappa shape index (κ2) is 5.99. The first-order chi connectivity index (χ1) is 8.23. The summed E-state index contributed by atoms with van der Waals surface area (Å²) in [6.45, 7) is 5.12. The fourth-order valence-corrected chi connectivity index (χ4v) is 3.96. The molecule has 1 heterocycles. The standard InChI is InChI=1S/C11H22N2O4S/c1-9-6-10(2)8-13(7-9)18(16,17)12(3)5-4-11(14)15/h9-10H,4-8H2,1-3H3,(H,14,15). The third-order valence-corrected chi connectivity index (χ3v) is 5.12. The van der Waals surface area contributed by atoms with Crippen LogP contribution in [0.15, 0.2) is 0 Å². The maximum absolute atomic E-state index is 12.2. The van der Waals surface area contributed by atoms with Crippen molar-refractivity contribution in [3.05, 3.63) is 0 Å². The van der Waals surface area contributed by atoms with Gasteiger partial charge < -0.3 is 5.11 Å². The molecular weight excluding hydrogens is 256 g/mol. The van der Waals surface area contributed by atoms with Crippen LogP contribution < -0.4 is 0 Å². The van der Waals surface area contributed by atoms with E-state index in [0.717, 1.165) is 10.7 Å². The third kappa shape index (κ3) is 3.93. The topological polar surface area (TPSA) is 77.9 Å². The van der Waals surface area contributed by atoms with Crippen LogP contribution in [0.5, 0.6) is 0 Å². The van der Waals surface area contributed by atoms with E-state index >= 15 is 0 Å². The summed E-state index contributed by atoms with van der Waals surface area (Å²) in [5.74, 6) is -0.301. The SMILES string of the molecule is CC1CC(C)CN(S(=O)(=O)N(C)CCC(=O)O)C1. The summed E-state index contributed by atoms with van der Waals surface area (Å²) in [6, 6.07) is 0. The molecule has 6 nitrogen and oxygen atoms in total. The highest BCUT2D eigenvalue weighted by Gasteiger charge is 2.33. The predicted octanol–water partition coefficient (Wildman–Crippen LogP) is 0.616. The maximum atomic E-state index is 12.2. The van der Waals surface area contributed by atoms with Crippen LogP contribution in [-0.4, -0.2) is 54.8 Å². The zero-order chi connectivity index (χ0) is 13.9. The number of carboxylic acids is 1. The summed E-state index contributed by atoms with van der Waals surface area (Å²) in [6.07, 6.45) is 0.861. The number of rotatable bonds is 5. The number of piperidine rings is 1. The molecule has 0 spiro atoms. The first-order valence-electron chi connectivity index (χ1n) is 6.16. The minimum absolute atomic E-state index is 0.0108. The number of carboxylic acid groups (broad SMARTS) is 1. The molecule has 1 aliphatic rings. The van der Waals surface area contributed by atoms with E-state index in [1.807, 2.05) is 13.8 Å². The highest BCUT2D eigenvalue weighted by Crippen LogP contribution is 2.24. The van der Waals surface area contributed by atoms with E-state index in [2.05, 4.69) is 0 Å². The largest absolute Gasteiger partial charge is 0.481 e. The monoisotopic (exact) mass is 278 g/mol. The van der Waals surface area contributed by atoms with E-state index in [9.17, 15) is 13.2 Å². The second-order valence-corrected chi connectivity index (χ2v) is 7.27. The highest BCUT2D eigenvalue weighted by atomic mass is 32.2. The van der Waals surface area contributed by atoms with Gasteiger partial charge in [-0.25, -0.2) is 0 Å². The van der Waals surface area contributed by atoms with Crippen LogP contribution in [0.3, 0.4) is 0 Å².